The van der Waals surface area contributed by atoms with Gasteiger partial charge in [-0.15, -0.1) is 0 Å². The monoisotopic (exact) mass is 258 g/mol. The molecule has 1 aromatic rings. The minimum atomic E-state index is 0.751. The van der Waals surface area contributed by atoms with Gasteiger partial charge in [0.1, 0.15) is 12.4 Å². The molecule has 0 unspecified atom stereocenters. The fraction of sp³-hybridized carbons (Fsp3) is 0.375. The van der Waals surface area contributed by atoms with E-state index in [4.69, 9.17) is 4.74 Å². The molecular weight excluding hydrogens is 236 g/mol. The van der Waals surface area contributed by atoms with E-state index in [9.17, 15) is 0 Å². The quantitative estimate of drug-likeness (QED) is 0.878. The van der Waals surface area contributed by atoms with Gasteiger partial charge in [0.05, 0.1) is 12.2 Å². The van der Waals surface area contributed by atoms with E-state index in [0.29, 0.717) is 0 Å². The van der Waals surface area contributed by atoms with Gasteiger partial charge in [0.15, 0.2) is 0 Å². The third kappa shape index (κ3) is 3.31. The number of benzene rings is 1. The van der Waals surface area contributed by atoms with Crippen LogP contribution in [0.25, 0.3) is 0 Å². The van der Waals surface area contributed by atoms with Gasteiger partial charge in [-0.05, 0) is 42.8 Å². The lowest BCUT2D eigenvalue weighted by Crippen LogP contribution is -2.34. The Morgan fingerprint density at radius 1 is 1.53 bits per heavy atom. The van der Waals surface area contributed by atoms with E-state index in [2.05, 4.69) is 48.8 Å². The maximum atomic E-state index is 5.72. The number of fused-ring (bicyclic) bond motifs is 1. The smallest absolute Gasteiger partial charge is 0.142 e. The molecule has 0 spiro atoms. The third-order valence-electron chi connectivity index (χ3n) is 3.28. The first kappa shape index (κ1) is 13.5. The SMILES string of the molecule is C=CN/C=C(\C)CN1CCOc2ccc(CC)cc21. The van der Waals surface area contributed by atoms with E-state index in [0.717, 1.165) is 31.9 Å². The van der Waals surface area contributed by atoms with E-state index in [-0.39, 0.29) is 0 Å². The van der Waals surface area contributed by atoms with E-state index in [1.165, 1.54) is 16.8 Å². The molecule has 0 amide bonds. The van der Waals surface area contributed by atoms with Gasteiger partial charge >= 0.3 is 0 Å². The molecule has 0 fully saturated rings. The summed E-state index contributed by atoms with van der Waals surface area (Å²) in [5.74, 6) is 0.993. The first-order valence-corrected chi connectivity index (χ1v) is 6.78. The lowest BCUT2D eigenvalue weighted by atomic mass is 10.1. The first-order valence-electron chi connectivity index (χ1n) is 6.78. The second kappa shape index (κ2) is 6.32. The second-order valence-electron chi connectivity index (χ2n) is 4.79. The van der Waals surface area contributed by atoms with Crippen molar-refractivity contribution < 1.29 is 4.74 Å². The Balaban J connectivity index is 2.18. The molecule has 1 aliphatic heterocycles. The fourth-order valence-electron chi connectivity index (χ4n) is 2.25. The highest BCUT2D eigenvalue weighted by molar-refractivity contribution is 5.62. The van der Waals surface area contributed by atoms with E-state index >= 15 is 0 Å². The molecule has 3 heteroatoms. The summed E-state index contributed by atoms with van der Waals surface area (Å²) in [6.45, 7) is 10.5. The van der Waals surface area contributed by atoms with Crippen LogP contribution in [0.2, 0.25) is 0 Å². The van der Waals surface area contributed by atoms with Crippen molar-refractivity contribution in [3.8, 4) is 5.75 Å². The summed E-state index contributed by atoms with van der Waals surface area (Å²) in [5, 5.41) is 3.03. The highest BCUT2D eigenvalue weighted by atomic mass is 16.5. The number of anilines is 1. The molecule has 102 valence electrons. The number of nitrogens with one attached hydrogen (secondary N) is 1. The zero-order valence-corrected chi connectivity index (χ0v) is 11.8. The molecule has 1 aromatic carbocycles. The topological polar surface area (TPSA) is 24.5 Å². The van der Waals surface area contributed by atoms with Crippen molar-refractivity contribution in [1.82, 2.24) is 5.32 Å². The normalized spacial score (nSPS) is 14.6. The van der Waals surface area contributed by atoms with Gasteiger partial charge in [-0.25, -0.2) is 0 Å². The van der Waals surface area contributed by atoms with Crippen LogP contribution < -0.4 is 15.0 Å². The van der Waals surface area contributed by atoms with E-state index in [1.54, 1.807) is 6.20 Å². The standard InChI is InChI=1S/C16H22N2O/c1-4-14-6-7-16-15(10-14)18(8-9-19-16)12-13(3)11-17-5-2/h5-7,10-11,17H,2,4,8-9,12H2,1,3H3/b13-11+. The summed E-state index contributed by atoms with van der Waals surface area (Å²) in [6, 6.07) is 6.47. The van der Waals surface area contributed by atoms with Crippen LogP contribution in [-0.4, -0.2) is 19.7 Å². The predicted molar refractivity (Wildman–Crippen MR) is 80.6 cm³/mol. The lowest BCUT2D eigenvalue weighted by Gasteiger charge is -2.32. The molecule has 19 heavy (non-hydrogen) atoms. The van der Waals surface area contributed by atoms with Gasteiger partial charge in [-0.2, -0.15) is 0 Å². The van der Waals surface area contributed by atoms with Crippen molar-refractivity contribution in [2.75, 3.05) is 24.6 Å². The van der Waals surface area contributed by atoms with Gasteiger partial charge in [0, 0.05) is 12.7 Å². The second-order valence-corrected chi connectivity index (χ2v) is 4.79. The Bertz CT molecular complexity index is 480. The largest absolute Gasteiger partial charge is 0.490 e. The van der Waals surface area contributed by atoms with Crippen molar-refractivity contribution in [1.29, 1.82) is 0 Å². The van der Waals surface area contributed by atoms with Gasteiger partial charge in [-0.3, -0.25) is 0 Å². The molecule has 0 atom stereocenters. The molecule has 0 bridgehead atoms. The van der Waals surface area contributed by atoms with Gasteiger partial charge in [0.2, 0.25) is 0 Å². The molecule has 0 aliphatic carbocycles. The summed E-state index contributed by atoms with van der Waals surface area (Å²) >= 11 is 0. The van der Waals surface area contributed by atoms with E-state index in [1.807, 2.05) is 6.20 Å². The maximum absolute atomic E-state index is 5.72. The molecular formula is C16H22N2O. The van der Waals surface area contributed by atoms with Crippen LogP contribution in [0.4, 0.5) is 5.69 Å². The zero-order chi connectivity index (χ0) is 13.7. The molecule has 1 heterocycles. The zero-order valence-electron chi connectivity index (χ0n) is 11.8. The summed E-state index contributed by atoms with van der Waals surface area (Å²) < 4.78 is 5.72. The molecule has 1 N–H and O–H groups in total. The van der Waals surface area contributed by atoms with Gasteiger partial charge < -0.3 is 15.0 Å². The van der Waals surface area contributed by atoms with E-state index < -0.39 is 0 Å². The van der Waals surface area contributed by atoms with Crippen LogP contribution in [-0.2, 0) is 6.42 Å². The number of aryl methyl sites for hydroxylation is 1. The van der Waals surface area contributed by atoms with Gasteiger partial charge in [-0.1, -0.05) is 19.6 Å². The lowest BCUT2D eigenvalue weighted by molar-refractivity contribution is 0.309. The van der Waals surface area contributed by atoms with Crippen LogP contribution in [0.15, 0.2) is 42.8 Å². The number of ether oxygens (including phenoxy) is 1. The highest BCUT2D eigenvalue weighted by Crippen LogP contribution is 2.32. The summed E-state index contributed by atoms with van der Waals surface area (Å²) in [5.41, 5.74) is 3.83. The average molecular weight is 258 g/mol. The third-order valence-corrected chi connectivity index (χ3v) is 3.28. The first-order chi connectivity index (χ1) is 9.24. The molecule has 1 aliphatic rings. The molecule has 0 saturated carbocycles. The van der Waals surface area contributed by atoms with Crippen molar-refractivity contribution in [2.45, 2.75) is 20.3 Å². The van der Waals surface area contributed by atoms with Crippen LogP contribution >= 0.6 is 0 Å². The predicted octanol–water partition coefficient (Wildman–Crippen LogP) is 3.08. The number of hydrogen-bond acceptors (Lipinski definition) is 3. The van der Waals surface area contributed by atoms with Crippen molar-refractivity contribution in [2.24, 2.45) is 0 Å². The van der Waals surface area contributed by atoms with Crippen molar-refractivity contribution in [3.05, 3.63) is 48.3 Å². The summed E-state index contributed by atoms with van der Waals surface area (Å²) in [4.78, 5) is 2.37. The summed E-state index contributed by atoms with van der Waals surface area (Å²) in [7, 11) is 0. The Morgan fingerprint density at radius 2 is 2.37 bits per heavy atom. The Morgan fingerprint density at radius 3 is 3.11 bits per heavy atom. The fourth-order valence-corrected chi connectivity index (χ4v) is 2.25. The molecule has 0 aromatic heterocycles. The minimum absolute atomic E-state index is 0.751. The maximum Gasteiger partial charge on any atom is 0.142 e. The number of nitrogens with zero attached hydrogens (tertiary/aromatic N) is 1. The average Bonchev–Trinajstić information content (AvgIpc) is 2.45. The van der Waals surface area contributed by atoms with Crippen LogP contribution in [0, 0.1) is 0 Å². The Kier molecular flexibility index (Phi) is 4.50. The van der Waals surface area contributed by atoms with Gasteiger partial charge in [0.25, 0.3) is 0 Å². The Hall–Kier alpha value is -1.90. The van der Waals surface area contributed by atoms with Crippen molar-refractivity contribution in [3.63, 3.8) is 0 Å². The summed E-state index contributed by atoms with van der Waals surface area (Å²) in [6.07, 6.45) is 4.73. The number of hydrogen-bond donors (Lipinski definition) is 1. The molecule has 2 rings (SSSR count). The molecule has 3 nitrogen and oxygen atoms in total. The van der Waals surface area contributed by atoms with Crippen molar-refractivity contribution >= 4 is 5.69 Å². The van der Waals surface area contributed by atoms with Crippen LogP contribution in [0.1, 0.15) is 19.4 Å². The highest BCUT2D eigenvalue weighted by Gasteiger charge is 2.18. The number of rotatable bonds is 5. The van der Waals surface area contributed by atoms with Crippen LogP contribution in [0.3, 0.4) is 0 Å². The van der Waals surface area contributed by atoms with Crippen LogP contribution in [0.5, 0.6) is 5.75 Å². The Labute approximate surface area is 115 Å². The molecule has 0 radical (unpaired) electrons. The minimum Gasteiger partial charge on any atom is -0.490 e. The molecule has 0 saturated heterocycles.